The molecule has 0 radical (unpaired) electrons. The highest BCUT2D eigenvalue weighted by Crippen LogP contribution is 2.42. The number of hydrogen-bond acceptors (Lipinski definition) is 14. The monoisotopic (exact) mass is 718 g/mol. The molecule has 266 valence electrons. The molecule has 3 aliphatic heterocycles. The van der Waals surface area contributed by atoms with E-state index >= 15 is 0 Å². The van der Waals surface area contributed by atoms with Crippen LogP contribution >= 0.6 is 11.3 Å². The summed E-state index contributed by atoms with van der Waals surface area (Å²) in [6.07, 6.45) is 1.40. The van der Waals surface area contributed by atoms with Gasteiger partial charge in [-0.05, 0) is 18.3 Å². The molecule has 2 aromatic rings. The Morgan fingerprint density at radius 2 is 1.84 bits per heavy atom. The first kappa shape index (κ1) is 34.3. The minimum absolute atomic E-state index is 0.0494. The lowest BCUT2D eigenvalue weighted by molar-refractivity contribution is -0.570. The number of nitrogens with zero attached hydrogens (tertiary/aromatic N) is 5. The van der Waals surface area contributed by atoms with E-state index in [4.69, 9.17) is 20.1 Å². The number of esters is 1. The van der Waals surface area contributed by atoms with Crippen molar-refractivity contribution < 1.29 is 63.4 Å². The highest BCUT2D eigenvalue weighted by Gasteiger charge is 2.65. The molecule has 0 spiro atoms. The Bertz CT molecular complexity index is 1940. The van der Waals surface area contributed by atoms with Gasteiger partial charge in [-0.25, -0.2) is 23.9 Å². The second-order valence-corrected chi connectivity index (χ2v) is 14.0. The number of rotatable bonds is 9. The van der Waals surface area contributed by atoms with E-state index in [1.165, 1.54) is 5.38 Å². The molecule has 2 unspecified atom stereocenters. The molecule has 2 saturated heterocycles. The van der Waals surface area contributed by atoms with E-state index in [1.807, 2.05) is 13.8 Å². The highest BCUT2D eigenvalue weighted by atomic mass is 32.1. The number of hydroxylamine groups is 2. The van der Waals surface area contributed by atoms with Crippen LogP contribution in [-0.2, 0) is 44.9 Å². The summed E-state index contributed by atoms with van der Waals surface area (Å²) in [5, 5.41) is 48.8. The second-order valence-electron chi connectivity index (χ2n) is 13.1. The number of carboxylic acid groups (broad SMARTS) is 2. The Labute approximate surface area is 284 Å². The van der Waals surface area contributed by atoms with Gasteiger partial charge in [-0.2, -0.15) is 9.63 Å². The largest absolute Gasteiger partial charge is 0.502 e. The number of carbonyl (C=O) groups excluding carboxylic acids is 3. The first-order chi connectivity index (χ1) is 23.5. The van der Waals surface area contributed by atoms with Crippen LogP contribution in [0.2, 0.25) is 0 Å². The predicted molar refractivity (Wildman–Crippen MR) is 166 cm³/mol. The molecular weight excluding hydrogens is 686 g/mol. The number of fused-ring (bicyclic) bond motifs is 1. The average Bonchev–Trinajstić information content (AvgIpc) is 3.81. The van der Waals surface area contributed by atoms with Gasteiger partial charge in [0.25, 0.3) is 11.8 Å². The number of anilines is 1. The maximum Gasteiger partial charge on any atom is 0.455 e. The zero-order valence-corrected chi connectivity index (χ0v) is 27.3. The first-order valence-corrected chi connectivity index (χ1v) is 16.1. The normalized spacial score (nSPS) is 25.7. The lowest BCUT2D eigenvalue weighted by Crippen LogP contribution is -2.57. The van der Waals surface area contributed by atoms with Crippen molar-refractivity contribution in [2.45, 2.75) is 75.9 Å². The van der Waals surface area contributed by atoms with Gasteiger partial charge >= 0.3 is 29.7 Å². The van der Waals surface area contributed by atoms with E-state index in [2.05, 4.69) is 15.5 Å². The number of aromatic hydroxyl groups is 1. The number of amides is 2. The average molecular weight is 719 g/mol. The van der Waals surface area contributed by atoms with Gasteiger partial charge in [0.1, 0.15) is 24.5 Å². The quantitative estimate of drug-likeness (QED) is 0.0791. The van der Waals surface area contributed by atoms with Gasteiger partial charge in [0.15, 0.2) is 23.1 Å². The third kappa shape index (κ3) is 5.76. The topological polar surface area (TPSA) is 286 Å². The molecule has 3 atom stereocenters. The predicted octanol–water partition coefficient (Wildman–Crippen LogP) is -0.920. The zero-order valence-electron chi connectivity index (χ0n) is 26.5. The van der Waals surface area contributed by atoms with Crippen molar-refractivity contribution in [2.24, 2.45) is 10.6 Å². The van der Waals surface area contributed by atoms with Gasteiger partial charge in [-0.15, -0.1) is 11.3 Å². The second kappa shape index (κ2) is 12.1. The van der Waals surface area contributed by atoms with Crippen LogP contribution in [0.15, 0.2) is 27.6 Å². The van der Waals surface area contributed by atoms with Crippen LogP contribution in [0, 0.1) is 5.41 Å². The van der Waals surface area contributed by atoms with Gasteiger partial charge in [-0.1, -0.05) is 19.0 Å². The molecule has 1 aliphatic carbocycles. The van der Waals surface area contributed by atoms with E-state index in [9.17, 15) is 49.2 Å². The van der Waals surface area contributed by atoms with Crippen LogP contribution in [-0.4, -0.2) is 111 Å². The summed E-state index contributed by atoms with van der Waals surface area (Å²) < 4.78 is 7.29. The van der Waals surface area contributed by atoms with Crippen molar-refractivity contribution in [2.75, 3.05) is 12.3 Å². The number of ether oxygens (including phenoxy) is 1. The van der Waals surface area contributed by atoms with Crippen molar-refractivity contribution >= 4 is 57.9 Å². The van der Waals surface area contributed by atoms with Gasteiger partial charge in [0, 0.05) is 24.3 Å². The van der Waals surface area contributed by atoms with E-state index in [1.54, 1.807) is 0 Å². The Hall–Kier alpha value is -5.57. The van der Waals surface area contributed by atoms with E-state index in [0.29, 0.717) is 17.9 Å². The van der Waals surface area contributed by atoms with Crippen LogP contribution in [0.1, 0.15) is 57.3 Å². The van der Waals surface area contributed by atoms with Crippen LogP contribution < -0.4 is 16.5 Å². The van der Waals surface area contributed by atoms with Crippen molar-refractivity contribution in [3.05, 3.63) is 39.3 Å². The molecular formula is C29H32N7O13S+. The molecule has 6 rings (SSSR count). The van der Waals surface area contributed by atoms with Crippen molar-refractivity contribution in [3.63, 3.8) is 0 Å². The number of aliphatic hydroxyl groups excluding tert-OH is 1. The maximum absolute atomic E-state index is 13.6. The molecule has 0 bridgehead atoms. The molecule has 7 N–H and O–H groups in total. The number of hydrogen-bond donors (Lipinski definition) is 6. The number of nitrogen functional groups attached to an aromatic ring is 1. The summed E-state index contributed by atoms with van der Waals surface area (Å²) >= 11 is 0.956. The SMILES string of the molecule is CC1(C)CCC(O/N=C(\C(=O)N[C@H]2CON(C3(C(=O)O)CC([N+]4=C(O)n5cc(O)c(=O)cc5C4)C(=O)O3)C2=O)c2csc(N)n2)(C(=O)O)CC1. The standard InChI is InChI=1S/C29H31N7O13S/c1-27(2)3-5-28(6-4-27,23(42)43)49-33-19(15-12-50-25(30)32-15)20(39)31-14-11-47-36(21(14)40)29(24(44)45)8-16(22(41)48-29)35-9-13-7-17(37)18(38)10-34(13)26(35)46/h7,10,12,14,16H,3-6,8-9,11H2,1-2H3,(H6,30,31,32,38,39,42,43,44,45)/p+1/b33-19-/t14-,16?,29?/m0/s1. The Balaban J connectivity index is 1.22. The molecule has 2 aromatic heterocycles. The summed E-state index contributed by atoms with van der Waals surface area (Å²) in [4.78, 5) is 92.0. The van der Waals surface area contributed by atoms with Crippen LogP contribution in [0.3, 0.4) is 0 Å². The van der Waals surface area contributed by atoms with E-state index in [0.717, 1.165) is 32.7 Å². The van der Waals surface area contributed by atoms with Gasteiger partial charge in [0.05, 0.1) is 6.42 Å². The Kier molecular flexibility index (Phi) is 8.29. The van der Waals surface area contributed by atoms with Crippen molar-refractivity contribution in [1.82, 2.24) is 19.9 Å². The van der Waals surface area contributed by atoms with Crippen molar-refractivity contribution in [3.8, 4) is 5.75 Å². The first-order valence-electron chi connectivity index (χ1n) is 15.2. The number of nitrogens with one attached hydrogen (secondary N) is 1. The Morgan fingerprint density at radius 3 is 2.46 bits per heavy atom. The number of thiazole rings is 1. The van der Waals surface area contributed by atoms with Gasteiger partial charge in [-0.3, -0.25) is 19.2 Å². The summed E-state index contributed by atoms with van der Waals surface area (Å²) in [7, 11) is 0. The third-order valence-electron chi connectivity index (χ3n) is 9.23. The summed E-state index contributed by atoms with van der Waals surface area (Å²) in [5.41, 5.74) is -0.0302. The fourth-order valence-corrected chi connectivity index (χ4v) is 6.70. The molecule has 5 heterocycles. The molecule has 50 heavy (non-hydrogen) atoms. The molecule has 2 amide bonds. The number of aliphatic carboxylic acids is 2. The number of cyclic esters (lactones) is 1. The molecule has 21 heteroatoms. The highest BCUT2D eigenvalue weighted by molar-refractivity contribution is 7.13. The Morgan fingerprint density at radius 1 is 1.14 bits per heavy atom. The molecule has 1 saturated carbocycles. The minimum Gasteiger partial charge on any atom is -0.502 e. The minimum atomic E-state index is -2.74. The van der Waals surface area contributed by atoms with Gasteiger partial charge in [0.2, 0.25) is 22.8 Å². The number of aromatic nitrogens is 2. The summed E-state index contributed by atoms with van der Waals surface area (Å²) in [5.74, 6) is -7.11. The van der Waals surface area contributed by atoms with E-state index < -0.39 is 89.1 Å². The number of carbonyl (C=O) groups is 5. The molecule has 20 nitrogen and oxygen atoms in total. The number of nitrogens with two attached hydrogens (primary N) is 1. The molecule has 0 aromatic carbocycles. The molecule has 3 fully saturated rings. The number of aliphatic hydroxyl groups is 1. The fourth-order valence-electron chi connectivity index (χ4n) is 6.15. The van der Waals surface area contributed by atoms with Crippen LogP contribution in [0.25, 0.3) is 0 Å². The van der Waals surface area contributed by atoms with Gasteiger partial charge < -0.3 is 41.1 Å². The zero-order chi connectivity index (χ0) is 36.3. The lowest BCUT2D eigenvalue weighted by atomic mass is 9.71. The van der Waals surface area contributed by atoms with Crippen LogP contribution in [0.4, 0.5) is 5.13 Å². The summed E-state index contributed by atoms with van der Waals surface area (Å²) in [6, 6.07) is -2.63. The van der Waals surface area contributed by atoms with Crippen molar-refractivity contribution in [1.29, 1.82) is 0 Å². The summed E-state index contributed by atoms with van der Waals surface area (Å²) in [6.45, 7) is 3.12. The van der Waals surface area contributed by atoms with E-state index in [-0.39, 0.29) is 41.3 Å². The fraction of sp³-hybridized carbons (Fsp3) is 0.483. The smallest absolute Gasteiger partial charge is 0.455 e. The maximum atomic E-state index is 13.6. The lowest BCUT2D eigenvalue weighted by Gasteiger charge is -2.38. The third-order valence-corrected chi connectivity index (χ3v) is 9.91. The van der Waals surface area contributed by atoms with Crippen LogP contribution in [0.5, 0.6) is 5.75 Å². The number of oxime groups is 1. The molecule has 4 aliphatic rings. The number of carboxylic acids is 2. The number of pyridine rings is 1.